The number of carboxylic acid groups (broad SMARTS) is 1. The molecular formula is C15H15NO5. The molecule has 6 heteroatoms. The Bertz CT molecular complexity index is 612. The van der Waals surface area contributed by atoms with Crippen LogP contribution in [-0.4, -0.2) is 36.3 Å². The molecule has 2 N–H and O–H groups in total. The highest BCUT2D eigenvalue weighted by atomic mass is 16.5. The van der Waals surface area contributed by atoms with Gasteiger partial charge in [-0.25, -0.2) is 0 Å². The first-order valence-corrected chi connectivity index (χ1v) is 6.61. The third-order valence-corrected chi connectivity index (χ3v) is 3.82. The third-order valence-electron chi connectivity index (χ3n) is 3.82. The van der Waals surface area contributed by atoms with E-state index in [1.54, 1.807) is 36.4 Å². The Labute approximate surface area is 121 Å². The quantitative estimate of drug-likeness (QED) is 0.816. The molecule has 2 bridgehead atoms. The van der Waals surface area contributed by atoms with Crippen LogP contribution in [0.1, 0.15) is 0 Å². The lowest BCUT2D eigenvalue weighted by atomic mass is 9.82. The van der Waals surface area contributed by atoms with Crippen LogP contribution in [-0.2, 0) is 14.3 Å². The van der Waals surface area contributed by atoms with Crippen molar-refractivity contribution in [1.29, 1.82) is 0 Å². The monoisotopic (exact) mass is 289 g/mol. The number of carboxylic acids is 1. The van der Waals surface area contributed by atoms with Gasteiger partial charge in [-0.2, -0.15) is 0 Å². The molecule has 1 aromatic carbocycles. The van der Waals surface area contributed by atoms with Crippen molar-refractivity contribution in [2.45, 2.75) is 12.2 Å². The Morgan fingerprint density at radius 3 is 2.62 bits per heavy atom. The fraction of sp³-hybridized carbons (Fsp3) is 0.333. The predicted molar refractivity (Wildman–Crippen MR) is 74.0 cm³/mol. The van der Waals surface area contributed by atoms with Crippen LogP contribution in [0, 0.1) is 11.8 Å². The molecule has 2 aliphatic heterocycles. The van der Waals surface area contributed by atoms with Gasteiger partial charge in [-0.1, -0.05) is 18.2 Å². The number of benzene rings is 1. The van der Waals surface area contributed by atoms with Crippen LogP contribution in [0.15, 0.2) is 36.4 Å². The summed E-state index contributed by atoms with van der Waals surface area (Å²) in [5.41, 5.74) is 0.565. The van der Waals surface area contributed by atoms with Gasteiger partial charge in [-0.3, -0.25) is 9.59 Å². The van der Waals surface area contributed by atoms with Gasteiger partial charge in [-0.05, 0) is 12.1 Å². The van der Waals surface area contributed by atoms with E-state index in [0.29, 0.717) is 11.4 Å². The molecule has 3 rings (SSSR count). The number of hydrogen-bond donors (Lipinski definition) is 2. The minimum absolute atomic E-state index is 0.354. The number of aliphatic carboxylic acids is 1. The number of nitrogens with one attached hydrogen (secondary N) is 1. The first-order chi connectivity index (χ1) is 10.1. The van der Waals surface area contributed by atoms with Crippen molar-refractivity contribution in [2.75, 3.05) is 12.4 Å². The molecule has 0 aliphatic carbocycles. The molecule has 2 heterocycles. The molecular weight excluding hydrogens is 274 g/mol. The summed E-state index contributed by atoms with van der Waals surface area (Å²) in [6.45, 7) is 0. The molecule has 4 atom stereocenters. The van der Waals surface area contributed by atoms with Crippen molar-refractivity contribution in [1.82, 2.24) is 0 Å². The third kappa shape index (κ3) is 2.38. The van der Waals surface area contributed by atoms with Crippen molar-refractivity contribution in [3.63, 3.8) is 0 Å². The van der Waals surface area contributed by atoms with Gasteiger partial charge >= 0.3 is 5.97 Å². The van der Waals surface area contributed by atoms with Crippen molar-refractivity contribution in [3.05, 3.63) is 36.4 Å². The number of carbonyl (C=O) groups is 2. The SMILES string of the molecule is COc1cccc(NC(=O)[C@H]2[C@@H](C(=O)O)[C@H]3C=C[C@H]2O3)c1. The van der Waals surface area contributed by atoms with E-state index in [4.69, 9.17) is 9.47 Å². The molecule has 0 saturated carbocycles. The predicted octanol–water partition coefficient (Wildman–Crippen LogP) is 1.29. The Balaban J connectivity index is 1.78. The standard InChI is InChI=1S/C15H15NO5/c1-20-9-4-2-3-8(7-9)16-14(17)12-10-5-6-11(21-10)13(12)15(18)19/h2-7,10-13H,1H3,(H,16,17)(H,18,19)/t10-,11-,12-,13+/m1/s1. The number of fused-ring (bicyclic) bond motifs is 2. The maximum Gasteiger partial charge on any atom is 0.310 e. The minimum Gasteiger partial charge on any atom is -0.497 e. The van der Waals surface area contributed by atoms with E-state index in [-0.39, 0.29) is 5.91 Å². The smallest absolute Gasteiger partial charge is 0.310 e. The van der Waals surface area contributed by atoms with Crippen LogP contribution in [0.25, 0.3) is 0 Å². The molecule has 1 aromatic rings. The Morgan fingerprint density at radius 2 is 1.95 bits per heavy atom. The van der Waals surface area contributed by atoms with Crippen LogP contribution < -0.4 is 10.1 Å². The molecule has 1 saturated heterocycles. The van der Waals surface area contributed by atoms with Gasteiger partial charge in [0.25, 0.3) is 0 Å². The second-order valence-electron chi connectivity index (χ2n) is 5.06. The van der Waals surface area contributed by atoms with Crippen molar-refractivity contribution in [2.24, 2.45) is 11.8 Å². The highest BCUT2D eigenvalue weighted by Crippen LogP contribution is 2.39. The highest BCUT2D eigenvalue weighted by Gasteiger charge is 2.53. The van der Waals surface area contributed by atoms with E-state index in [0.717, 1.165) is 0 Å². The lowest BCUT2D eigenvalue weighted by Crippen LogP contribution is -2.39. The van der Waals surface area contributed by atoms with Crippen LogP contribution >= 0.6 is 0 Å². The fourth-order valence-corrected chi connectivity index (χ4v) is 2.84. The van der Waals surface area contributed by atoms with Crippen molar-refractivity contribution in [3.8, 4) is 5.75 Å². The van der Waals surface area contributed by atoms with Gasteiger partial charge in [0.2, 0.25) is 5.91 Å². The van der Waals surface area contributed by atoms with Gasteiger partial charge in [0, 0.05) is 11.8 Å². The van der Waals surface area contributed by atoms with E-state index < -0.39 is 30.0 Å². The maximum absolute atomic E-state index is 12.4. The van der Waals surface area contributed by atoms with E-state index in [9.17, 15) is 14.7 Å². The molecule has 1 amide bonds. The molecule has 21 heavy (non-hydrogen) atoms. The van der Waals surface area contributed by atoms with Gasteiger partial charge in [0.05, 0.1) is 25.2 Å². The summed E-state index contributed by atoms with van der Waals surface area (Å²) < 4.78 is 10.6. The summed E-state index contributed by atoms with van der Waals surface area (Å²) in [6.07, 6.45) is 2.47. The molecule has 2 aliphatic rings. The first-order valence-electron chi connectivity index (χ1n) is 6.61. The van der Waals surface area contributed by atoms with Crippen molar-refractivity contribution < 1.29 is 24.2 Å². The number of anilines is 1. The van der Waals surface area contributed by atoms with E-state index in [1.807, 2.05) is 0 Å². The number of hydrogen-bond acceptors (Lipinski definition) is 4. The average Bonchev–Trinajstić information content (AvgIpc) is 3.07. The zero-order valence-corrected chi connectivity index (χ0v) is 11.4. The molecule has 0 unspecified atom stereocenters. The molecule has 0 aromatic heterocycles. The van der Waals surface area contributed by atoms with Gasteiger partial charge in [0.1, 0.15) is 11.7 Å². The Morgan fingerprint density at radius 1 is 1.24 bits per heavy atom. The number of rotatable bonds is 4. The molecule has 6 nitrogen and oxygen atoms in total. The lowest BCUT2D eigenvalue weighted by Gasteiger charge is -2.21. The molecule has 0 radical (unpaired) electrons. The van der Waals surface area contributed by atoms with Crippen LogP contribution in [0.5, 0.6) is 5.75 Å². The van der Waals surface area contributed by atoms with Gasteiger partial charge in [0.15, 0.2) is 0 Å². The van der Waals surface area contributed by atoms with Crippen molar-refractivity contribution >= 4 is 17.6 Å². The first kappa shape index (κ1) is 13.6. The summed E-state index contributed by atoms with van der Waals surface area (Å²) in [4.78, 5) is 23.7. The number of ether oxygens (including phenoxy) is 2. The minimum atomic E-state index is -1.02. The zero-order valence-electron chi connectivity index (χ0n) is 11.4. The van der Waals surface area contributed by atoms with Crippen LogP contribution in [0.2, 0.25) is 0 Å². The van der Waals surface area contributed by atoms with Crippen LogP contribution in [0.3, 0.4) is 0 Å². The molecule has 0 spiro atoms. The zero-order chi connectivity index (χ0) is 15.0. The summed E-state index contributed by atoms with van der Waals surface area (Å²) in [6, 6.07) is 6.91. The maximum atomic E-state index is 12.4. The lowest BCUT2D eigenvalue weighted by molar-refractivity contribution is -0.145. The summed E-state index contributed by atoms with van der Waals surface area (Å²) in [7, 11) is 1.54. The second-order valence-corrected chi connectivity index (χ2v) is 5.06. The summed E-state index contributed by atoms with van der Waals surface area (Å²) in [5, 5.41) is 12.0. The Hall–Kier alpha value is -2.34. The molecule has 110 valence electrons. The molecule has 1 fully saturated rings. The number of amides is 1. The normalized spacial score (nSPS) is 29.4. The summed E-state index contributed by atoms with van der Waals surface area (Å²) in [5.74, 6) is -2.31. The average molecular weight is 289 g/mol. The largest absolute Gasteiger partial charge is 0.497 e. The van der Waals surface area contributed by atoms with Gasteiger partial charge in [-0.15, -0.1) is 0 Å². The number of methoxy groups -OCH3 is 1. The van der Waals surface area contributed by atoms with Crippen LogP contribution in [0.4, 0.5) is 5.69 Å². The second kappa shape index (κ2) is 5.21. The summed E-state index contributed by atoms with van der Waals surface area (Å²) >= 11 is 0. The number of carbonyl (C=O) groups excluding carboxylic acids is 1. The highest BCUT2D eigenvalue weighted by molar-refractivity contribution is 5.96. The van der Waals surface area contributed by atoms with E-state index in [1.165, 1.54) is 7.11 Å². The van der Waals surface area contributed by atoms with E-state index in [2.05, 4.69) is 5.32 Å². The Kier molecular flexibility index (Phi) is 3.39. The topological polar surface area (TPSA) is 84.9 Å². The fourth-order valence-electron chi connectivity index (χ4n) is 2.84. The van der Waals surface area contributed by atoms with Gasteiger partial charge < -0.3 is 19.9 Å². The van der Waals surface area contributed by atoms with E-state index >= 15 is 0 Å².